The second-order valence-electron chi connectivity index (χ2n) is 12.0. The van der Waals surface area contributed by atoms with Crippen molar-refractivity contribution in [1.29, 1.82) is 0 Å². The van der Waals surface area contributed by atoms with E-state index in [1.165, 1.54) is 23.2 Å². The largest absolute Gasteiger partial charge is 0.460 e. The van der Waals surface area contributed by atoms with Gasteiger partial charge >= 0.3 is 12.1 Å². The first-order valence-corrected chi connectivity index (χ1v) is 15.9. The van der Waals surface area contributed by atoms with Crippen LogP contribution < -0.4 is 10.6 Å². The lowest BCUT2D eigenvalue weighted by Gasteiger charge is -2.30. The quantitative estimate of drug-likeness (QED) is 0.406. The van der Waals surface area contributed by atoms with Gasteiger partial charge in [-0.3, -0.25) is 19.9 Å². The number of hydrogen-bond acceptors (Lipinski definition) is 10. The molecule has 13 nitrogen and oxygen atoms in total. The predicted molar refractivity (Wildman–Crippen MR) is 172 cm³/mol. The molecule has 1 fully saturated rings. The van der Waals surface area contributed by atoms with E-state index in [2.05, 4.69) is 20.6 Å². The Morgan fingerprint density at radius 1 is 1.29 bits per heavy atom. The van der Waals surface area contributed by atoms with Crippen LogP contribution in [0.4, 0.5) is 14.9 Å². The summed E-state index contributed by atoms with van der Waals surface area (Å²) in [7, 11) is 0. The minimum atomic E-state index is -1.50. The number of amides is 3. The molecular weight excluding hydrogens is 625 g/mol. The fourth-order valence-corrected chi connectivity index (χ4v) is 5.53. The Bertz CT molecular complexity index is 1510. The number of carbonyl (C=O) groups is 4. The molecule has 3 N–H and O–H groups in total. The Morgan fingerprint density at radius 3 is 2.88 bits per heavy atom. The van der Waals surface area contributed by atoms with Gasteiger partial charge in [-0.1, -0.05) is 43.7 Å². The maximum Gasteiger partial charge on any atom is 0.411 e. The molecule has 0 aliphatic carbocycles. The van der Waals surface area contributed by atoms with E-state index in [9.17, 15) is 28.7 Å². The second kappa shape index (κ2) is 17.3. The number of esters is 1. The molecular formula is C34H42FN5O8. The lowest BCUT2D eigenvalue weighted by molar-refractivity contribution is -0.159. The normalized spacial score (nSPS) is 26.0. The molecule has 2 aromatic heterocycles. The Kier molecular flexibility index (Phi) is 13.0. The molecule has 4 heterocycles. The number of ether oxygens (including phenoxy) is 2. The van der Waals surface area contributed by atoms with Crippen LogP contribution in [0.1, 0.15) is 56.4 Å². The zero-order valence-corrected chi connectivity index (χ0v) is 27.2. The molecule has 3 amide bonds. The number of aliphatic hydroxyl groups is 1. The number of aliphatic hydroxyl groups excluding tert-OH is 1. The van der Waals surface area contributed by atoms with Crippen LogP contribution in [0.25, 0.3) is 0 Å². The summed E-state index contributed by atoms with van der Waals surface area (Å²) in [6, 6.07) is 2.39. The number of rotatable bonds is 4. The summed E-state index contributed by atoms with van der Waals surface area (Å²) in [6.45, 7) is 5.59. The van der Waals surface area contributed by atoms with Crippen molar-refractivity contribution in [2.75, 3.05) is 25.0 Å². The van der Waals surface area contributed by atoms with E-state index in [1.807, 2.05) is 0 Å². The molecule has 6 atom stereocenters. The number of carbonyl (C=O) groups excluding carboxylic acids is 4. The third-order valence-corrected chi connectivity index (χ3v) is 7.95. The SMILES string of the molecule is CC1=C[C@@H](O)C[C@@H](F)Cc2nc(co2)C(=O)N2CCC[C@@H]2C(=O)O[C@H]([C@@H](C)COC(=O)Nc2cccnc2)[C@H](C)/C=C/C(=O)NCC=C1. The van der Waals surface area contributed by atoms with Crippen molar-refractivity contribution in [3.05, 3.63) is 78.3 Å². The number of pyridine rings is 1. The highest BCUT2D eigenvalue weighted by Gasteiger charge is 2.39. The van der Waals surface area contributed by atoms with E-state index in [1.54, 1.807) is 57.3 Å². The Labute approximate surface area is 278 Å². The Balaban J connectivity index is 1.54. The Hall–Kier alpha value is -4.85. The molecule has 0 saturated carbocycles. The van der Waals surface area contributed by atoms with Crippen LogP contribution in [-0.2, 0) is 25.5 Å². The first-order chi connectivity index (χ1) is 23.0. The van der Waals surface area contributed by atoms with Crippen LogP contribution in [-0.4, -0.2) is 88.0 Å². The molecule has 14 heteroatoms. The predicted octanol–water partition coefficient (Wildman–Crippen LogP) is 3.93. The summed E-state index contributed by atoms with van der Waals surface area (Å²) in [6.07, 6.45) is 8.27. The molecule has 0 unspecified atom stereocenters. The molecule has 48 heavy (non-hydrogen) atoms. The highest BCUT2D eigenvalue weighted by molar-refractivity contribution is 5.95. The summed E-state index contributed by atoms with van der Waals surface area (Å²) in [5, 5.41) is 15.6. The first kappa shape index (κ1) is 36.0. The molecule has 4 rings (SSSR count). The summed E-state index contributed by atoms with van der Waals surface area (Å²) >= 11 is 0. The van der Waals surface area contributed by atoms with Gasteiger partial charge in [0.25, 0.3) is 5.91 Å². The van der Waals surface area contributed by atoms with Crippen molar-refractivity contribution in [3.8, 4) is 0 Å². The van der Waals surface area contributed by atoms with Crippen molar-refractivity contribution in [2.45, 2.75) is 70.9 Å². The van der Waals surface area contributed by atoms with Gasteiger partial charge in [-0.05, 0) is 38.0 Å². The number of halogens is 1. The van der Waals surface area contributed by atoms with Crippen LogP contribution in [0.15, 0.2) is 71.2 Å². The van der Waals surface area contributed by atoms with E-state index < -0.39 is 60.1 Å². The standard InChI is InChI=1S/C34H42FN5O8/c1-21-7-4-13-37-29(42)11-10-22(2)31(23(3)19-47-34(45)38-25-8-5-12-36-18-25)48-33(44)28-9-6-14-40(28)32(43)27-20-46-30(39-27)17-24(35)16-26(41)15-21/h4-5,7-8,10-12,15,18,20,22-24,26,28,31,41H,6,9,13-14,16-17,19H2,1-3H3,(H,37,42)(H,38,45)/b7-4?,11-10+,21-15?/t22-,23+,24-,26-,28-,31+/m1/s1. The maximum absolute atomic E-state index is 14.8. The molecule has 2 aromatic rings. The third kappa shape index (κ3) is 10.6. The van der Waals surface area contributed by atoms with Crippen LogP contribution in [0.3, 0.4) is 0 Å². The lowest BCUT2D eigenvalue weighted by atomic mass is 9.93. The van der Waals surface area contributed by atoms with Crippen molar-refractivity contribution in [3.63, 3.8) is 0 Å². The van der Waals surface area contributed by atoms with Crippen LogP contribution in [0, 0.1) is 11.8 Å². The molecule has 0 spiro atoms. The molecule has 2 aliphatic heterocycles. The summed E-state index contributed by atoms with van der Waals surface area (Å²) in [5.41, 5.74) is 1.05. The van der Waals surface area contributed by atoms with Crippen LogP contribution >= 0.6 is 0 Å². The number of anilines is 1. The van der Waals surface area contributed by atoms with Crippen LogP contribution in [0.2, 0.25) is 0 Å². The van der Waals surface area contributed by atoms with Gasteiger partial charge in [0.1, 0.15) is 24.6 Å². The molecule has 2 aliphatic rings. The van der Waals surface area contributed by atoms with Gasteiger partial charge in [-0.25, -0.2) is 19.0 Å². The van der Waals surface area contributed by atoms with Gasteiger partial charge in [0.15, 0.2) is 11.6 Å². The molecule has 2 bridgehead atoms. The molecule has 258 valence electrons. The summed E-state index contributed by atoms with van der Waals surface area (Å²) in [4.78, 5) is 61.5. The number of fused-ring (bicyclic) bond motifs is 3. The fourth-order valence-electron chi connectivity index (χ4n) is 5.53. The van der Waals surface area contributed by atoms with Gasteiger partial charge in [-0.2, -0.15) is 0 Å². The fraction of sp³-hybridized carbons (Fsp3) is 0.471. The molecule has 1 saturated heterocycles. The zero-order valence-electron chi connectivity index (χ0n) is 27.2. The number of allylic oxidation sites excluding steroid dienone is 2. The van der Waals surface area contributed by atoms with Crippen molar-refractivity contribution in [1.82, 2.24) is 20.2 Å². The minimum absolute atomic E-state index is 0.00633. The zero-order chi connectivity index (χ0) is 34.6. The number of hydrogen-bond donors (Lipinski definition) is 3. The number of aromatic nitrogens is 2. The van der Waals surface area contributed by atoms with Gasteiger partial charge in [0, 0.05) is 37.5 Å². The van der Waals surface area contributed by atoms with E-state index in [0.717, 1.165) is 6.26 Å². The molecule has 0 radical (unpaired) electrons. The number of nitrogens with one attached hydrogen (secondary N) is 2. The monoisotopic (exact) mass is 667 g/mol. The van der Waals surface area contributed by atoms with Gasteiger partial charge in [-0.15, -0.1) is 0 Å². The number of alkyl halides is 1. The summed E-state index contributed by atoms with van der Waals surface area (Å²) in [5.74, 6) is -2.63. The van der Waals surface area contributed by atoms with Crippen LogP contribution in [0.5, 0.6) is 0 Å². The second-order valence-corrected chi connectivity index (χ2v) is 12.0. The van der Waals surface area contributed by atoms with E-state index >= 15 is 0 Å². The van der Waals surface area contributed by atoms with E-state index in [-0.39, 0.29) is 44.1 Å². The topological polar surface area (TPSA) is 173 Å². The third-order valence-electron chi connectivity index (χ3n) is 7.95. The van der Waals surface area contributed by atoms with Gasteiger partial charge in [0.2, 0.25) is 5.91 Å². The van der Waals surface area contributed by atoms with Crippen molar-refractivity contribution >= 4 is 29.6 Å². The van der Waals surface area contributed by atoms with Gasteiger partial charge < -0.3 is 29.2 Å². The summed E-state index contributed by atoms with van der Waals surface area (Å²) < 4.78 is 31.6. The average Bonchev–Trinajstić information content (AvgIpc) is 3.73. The van der Waals surface area contributed by atoms with E-state index in [0.29, 0.717) is 24.1 Å². The van der Waals surface area contributed by atoms with E-state index in [4.69, 9.17) is 13.9 Å². The average molecular weight is 668 g/mol. The van der Waals surface area contributed by atoms with Gasteiger partial charge in [0.05, 0.1) is 31.0 Å². The maximum atomic E-state index is 14.8. The van der Waals surface area contributed by atoms with Crippen molar-refractivity contribution in [2.24, 2.45) is 11.8 Å². The Morgan fingerprint density at radius 2 is 2.10 bits per heavy atom. The lowest BCUT2D eigenvalue weighted by Crippen LogP contribution is -2.44. The highest BCUT2D eigenvalue weighted by atomic mass is 19.1. The number of oxazole rings is 1. The van der Waals surface area contributed by atoms with Crippen molar-refractivity contribution < 1.29 is 42.6 Å². The smallest absolute Gasteiger partial charge is 0.411 e. The first-order valence-electron chi connectivity index (χ1n) is 15.9. The number of nitrogens with zero attached hydrogens (tertiary/aromatic N) is 3. The highest BCUT2D eigenvalue weighted by Crippen LogP contribution is 2.26. The molecule has 0 aromatic carbocycles. The minimum Gasteiger partial charge on any atom is -0.460 e. The number of cyclic esters (lactones) is 1.